The molecule has 0 aliphatic carbocycles. The number of benzene rings is 2. The first-order valence-corrected chi connectivity index (χ1v) is 9.64. The van der Waals surface area contributed by atoms with Crippen LogP contribution in [0.15, 0.2) is 47.4 Å². The van der Waals surface area contributed by atoms with Crippen LogP contribution in [0.3, 0.4) is 0 Å². The van der Waals surface area contributed by atoms with Crippen molar-refractivity contribution in [3.05, 3.63) is 52.5 Å². The van der Waals surface area contributed by atoms with E-state index >= 15 is 0 Å². The van der Waals surface area contributed by atoms with Gasteiger partial charge in [0.25, 0.3) is 5.91 Å². The number of carbonyl (C=O) groups excluding carboxylic acids is 2. The molecule has 0 saturated heterocycles. The second kappa shape index (κ2) is 9.71. The third kappa shape index (κ3) is 5.56. The maximum atomic E-state index is 12.2. The summed E-state index contributed by atoms with van der Waals surface area (Å²) in [6.45, 7) is -0.334. The predicted molar refractivity (Wildman–Crippen MR) is 106 cm³/mol. The summed E-state index contributed by atoms with van der Waals surface area (Å²) in [7, 11) is 1.53. The van der Waals surface area contributed by atoms with Gasteiger partial charge in [0, 0.05) is 11.9 Å². The van der Waals surface area contributed by atoms with E-state index in [1.54, 1.807) is 18.2 Å². The van der Waals surface area contributed by atoms with Crippen LogP contribution < -0.4 is 10.1 Å². The molecule has 0 spiro atoms. The van der Waals surface area contributed by atoms with Crippen molar-refractivity contribution >= 4 is 52.5 Å². The fraction of sp³-hybridized carbons (Fsp3) is 0.222. The van der Waals surface area contributed by atoms with Gasteiger partial charge in [0.15, 0.2) is 6.61 Å². The summed E-state index contributed by atoms with van der Waals surface area (Å²) in [6, 6.07) is 12.4. The molecule has 0 aromatic heterocycles. The van der Waals surface area contributed by atoms with Gasteiger partial charge in [0.2, 0.25) is 5.91 Å². The van der Waals surface area contributed by atoms with Gasteiger partial charge in [-0.3, -0.25) is 9.59 Å². The molecular formula is C18H18Cl2N2O3S. The molecule has 2 rings (SSSR count). The molecular weight excluding hydrogens is 395 g/mol. The summed E-state index contributed by atoms with van der Waals surface area (Å²) in [5.41, 5.74) is 0.716. The van der Waals surface area contributed by atoms with Crippen LogP contribution in [0.1, 0.15) is 0 Å². The van der Waals surface area contributed by atoms with Gasteiger partial charge in [0.1, 0.15) is 10.8 Å². The first kappa shape index (κ1) is 20.4. The largest absolute Gasteiger partial charge is 0.482 e. The lowest BCUT2D eigenvalue weighted by Gasteiger charge is -2.18. The Labute approximate surface area is 166 Å². The van der Waals surface area contributed by atoms with E-state index in [1.165, 1.54) is 23.7 Å². The first-order chi connectivity index (χ1) is 12.4. The van der Waals surface area contributed by atoms with E-state index in [2.05, 4.69) is 5.32 Å². The Kier molecular flexibility index (Phi) is 7.63. The molecule has 2 aromatic carbocycles. The van der Waals surface area contributed by atoms with Gasteiger partial charge in [-0.1, -0.05) is 41.4 Å². The molecule has 0 heterocycles. The fourth-order valence-electron chi connectivity index (χ4n) is 2.09. The monoisotopic (exact) mass is 412 g/mol. The number of ether oxygens (including phenoxy) is 1. The third-order valence-corrected chi connectivity index (χ3v) is 5.05. The fourth-order valence-corrected chi connectivity index (χ4v) is 2.99. The maximum Gasteiger partial charge on any atom is 0.260 e. The van der Waals surface area contributed by atoms with Gasteiger partial charge in [-0.25, -0.2) is 0 Å². The number of hydrogen-bond donors (Lipinski definition) is 1. The number of para-hydroxylation sites is 1. The van der Waals surface area contributed by atoms with Crippen LogP contribution in [-0.4, -0.2) is 43.2 Å². The molecule has 1 N–H and O–H groups in total. The van der Waals surface area contributed by atoms with E-state index in [9.17, 15) is 9.59 Å². The molecule has 2 amide bonds. The van der Waals surface area contributed by atoms with Crippen LogP contribution in [0.5, 0.6) is 5.75 Å². The maximum absolute atomic E-state index is 12.2. The SMILES string of the molecule is CSc1ccccc1NC(=O)CN(C)C(=O)COc1cccc(Cl)c1Cl. The van der Waals surface area contributed by atoms with Gasteiger partial charge in [-0.05, 0) is 30.5 Å². The molecule has 138 valence electrons. The average molecular weight is 413 g/mol. The molecule has 0 unspecified atom stereocenters. The number of thioether (sulfide) groups is 1. The number of hydrogen-bond acceptors (Lipinski definition) is 4. The molecule has 26 heavy (non-hydrogen) atoms. The Morgan fingerprint density at radius 1 is 1.15 bits per heavy atom. The Hall–Kier alpha value is -1.89. The summed E-state index contributed by atoms with van der Waals surface area (Å²) >= 11 is 13.4. The topological polar surface area (TPSA) is 58.6 Å². The number of carbonyl (C=O) groups is 2. The second-order valence-corrected chi connectivity index (χ2v) is 6.97. The number of nitrogens with one attached hydrogen (secondary N) is 1. The smallest absolute Gasteiger partial charge is 0.260 e. The molecule has 5 nitrogen and oxygen atoms in total. The second-order valence-electron chi connectivity index (χ2n) is 5.34. The highest BCUT2D eigenvalue weighted by Gasteiger charge is 2.15. The van der Waals surface area contributed by atoms with Crippen molar-refractivity contribution < 1.29 is 14.3 Å². The highest BCUT2D eigenvalue weighted by atomic mass is 35.5. The van der Waals surface area contributed by atoms with E-state index in [1.807, 2.05) is 30.5 Å². The number of halogens is 2. The minimum atomic E-state index is -0.352. The summed E-state index contributed by atoms with van der Waals surface area (Å²) in [4.78, 5) is 26.6. The molecule has 0 bridgehead atoms. The third-order valence-electron chi connectivity index (χ3n) is 3.45. The molecule has 0 fully saturated rings. The predicted octanol–water partition coefficient (Wildman–Crippen LogP) is 4.19. The highest BCUT2D eigenvalue weighted by molar-refractivity contribution is 7.98. The number of nitrogens with zero attached hydrogens (tertiary/aromatic N) is 1. The molecule has 0 radical (unpaired) electrons. The van der Waals surface area contributed by atoms with E-state index in [0.717, 1.165) is 4.90 Å². The van der Waals surface area contributed by atoms with Crippen molar-refractivity contribution in [1.82, 2.24) is 4.90 Å². The van der Waals surface area contributed by atoms with Crippen molar-refractivity contribution in [1.29, 1.82) is 0 Å². The van der Waals surface area contributed by atoms with Crippen molar-refractivity contribution in [3.8, 4) is 5.75 Å². The van der Waals surface area contributed by atoms with E-state index < -0.39 is 0 Å². The van der Waals surface area contributed by atoms with Gasteiger partial charge in [-0.15, -0.1) is 11.8 Å². The minimum absolute atomic E-state index is 0.0891. The molecule has 0 atom stereocenters. The van der Waals surface area contributed by atoms with E-state index in [-0.39, 0.29) is 30.0 Å². The van der Waals surface area contributed by atoms with Crippen LogP contribution >= 0.6 is 35.0 Å². The lowest BCUT2D eigenvalue weighted by atomic mass is 10.3. The highest BCUT2D eigenvalue weighted by Crippen LogP contribution is 2.31. The van der Waals surface area contributed by atoms with Gasteiger partial charge in [0.05, 0.1) is 17.3 Å². The zero-order valence-corrected chi connectivity index (χ0v) is 16.6. The summed E-state index contributed by atoms with van der Waals surface area (Å²) in [5, 5.41) is 3.40. The van der Waals surface area contributed by atoms with Crippen LogP contribution in [0.4, 0.5) is 5.69 Å². The lowest BCUT2D eigenvalue weighted by molar-refractivity contribution is -0.135. The zero-order chi connectivity index (χ0) is 19.1. The number of rotatable bonds is 7. The minimum Gasteiger partial charge on any atom is -0.482 e. The van der Waals surface area contributed by atoms with Gasteiger partial charge < -0.3 is 15.0 Å². The Bertz CT molecular complexity index is 802. The van der Waals surface area contributed by atoms with E-state index in [4.69, 9.17) is 27.9 Å². The Morgan fingerprint density at radius 2 is 1.88 bits per heavy atom. The average Bonchev–Trinajstić information content (AvgIpc) is 2.63. The first-order valence-electron chi connectivity index (χ1n) is 7.66. The molecule has 0 aliphatic heterocycles. The zero-order valence-electron chi connectivity index (χ0n) is 14.3. The standard InChI is InChI=1S/C18H18Cl2N2O3S/c1-22(10-16(23)21-13-7-3-4-9-15(13)26-2)17(24)11-25-14-8-5-6-12(19)18(14)20/h3-9H,10-11H2,1-2H3,(H,21,23). The van der Waals surface area contributed by atoms with Crippen LogP contribution in [-0.2, 0) is 9.59 Å². The van der Waals surface area contributed by atoms with Crippen molar-refractivity contribution in [2.24, 2.45) is 0 Å². The number of likely N-dealkylation sites (N-methyl/N-ethyl adjacent to an activating group) is 1. The van der Waals surface area contributed by atoms with E-state index in [0.29, 0.717) is 16.5 Å². The van der Waals surface area contributed by atoms with Gasteiger partial charge >= 0.3 is 0 Å². The number of anilines is 1. The number of amides is 2. The molecule has 2 aromatic rings. The summed E-state index contributed by atoms with van der Waals surface area (Å²) < 4.78 is 5.39. The lowest BCUT2D eigenvalue weighted by Crippen LogP contribution is -2.37. The van der Waals surface area contributed by atoms with Crippen molar-refractivity contribution in [3.63, 3.8) is 0 Å². The van der Waals surface area contributed by atoms with Crippen LogP contribution in [0.2, 0.25) is 10.0 Å². The van der Waals surface area contributed by atoms with Crippen LogP contribution in [0, 0.1) is 0 Å². The van der Waals surface area contributed by atoms with Crippen molar-refractivity contribution in [2.75, 3.05) is 31.8 Å². The molecule has 0 aliphatic rings. The summed E-state index contributed by atoms with van der Waals surface area (Å²) in [6.07, 6.45) is 1.93. The Balaban J connectivity index is 1.88. The quantitative estimate of drug-likeness (QED) is 0.692. The van der Waals surface area contributed by atoms with Crippen LogP contribution in [0.25, 0.3) is 0 Å². The van der Waals surface area contributed by atoms with Crippen molar-refractivity contribution in [2.45, 2.75) is 4.90 Å². The summed E-state index contributed by atoms with van der Waals surface area (Å²) in [5.74, 6) is -0.322. The molecule has 8 heteroatoms. The molecule has 0 saturated carbocycles. The van der Waals surface area contributed by atoms with Gasteiger partial charge in [-0.2, -0.15) is 0 Å². The Morgan fingerprint density at radius 3 is 2.62 bits per heavy atom. The normalized spacial score (nSPS) is 10.3.